The van der Waals surface area contributed by atoms with Gasteiger partial charge in [0.2, 0.25) is 0 Å². The molecule has 1 unspecified atom stereocenters. The summed E-state index contributed by atoms with van der Waals surface area (Å²) in [7, 11) is 0. The number of rotatable bonds is 4. The van der Waals surface area contributed by atoms with Gasteiger partial charge in [-0.05, 0) is 42.5 Å². The van der Waals surface area contributed by atoms with E-state index in [0.717, 1.165) is 29.4 Å². The summed E-state index contributed by atoms with van der Waals surface area (Å²) in [6, 6.07) is 12.2. The van der Waals surface area contributed by atoms with Crippen molar-refractivity contribution >= 4 is 12.3 Å². The lowest BCUT2D eigenvalue weighted by Gasteiger charge is -2.10. The van der Waals surface area contributed by atoms with E-state index in [1.807, 2.05) is 45.0 Å². The first-order chi connectivity index (χ1) is 10.9. The van der Waals surface area contributed by atoms with Gasteiger partial charge in [-0.2, -0.15) is 0 Å². The maximum absolute atomic E-state index is 10.7. The predicted octanol–water partition coefficient (Wildman–Crippen LogP) is 4.41. The third-order valence-corrected chi connectivity index (χ3v) is 3.75. The first kappa shape index (κ1) is 18.4. The van der Waals surface area contributed by atoms with Gasteiger partial charge in [0, 0.05) is 5.56 Å². The average Bonchev–Trinajstić information content (AvgIpc) is 2.55. The maximum Gasteiger partial charge on any atom is 0.339 e. The lowest BCUT2D eigenvalue weighted by atomic mass is 9.96. The van der Waals surface area contributed by atoms with Gasteiger partial charge in [-0.3, -0.25) is 4.79 Å². The molecule has 0 fully saturated rings. The van der Waals surface area contributed by atoms with E-state index in [2.05, 4.69) is 0 Å². The normalized spacial score (nSPS) is 11.1. The van der Waals surface area contributed by atoms with E-state index in [1.165, 1.54) is 12.1 Å². The topological polar surface area (TPSA) is 74.6 Å². The molecule has 0 saturated carbocycles. The van der Waals surface area contributed by atoms with Crippen LogP contribution >= 0.6 is 0 Å². The average molecular weight is 314 g/mol. The van der Waals surface area contributed by atoms with Gasteiger partial charge in [-0.25, -0.2) is 4.79 Å². The first-order valence-electron chi connectivity index (χ1n) is 7.47. The third-order valence-electron chi connectivity index (χ3n) is 3.75. The van der Waals surface area contributed by atoms with E-state index in [4.69, 9.17) is 5.11 Å². The number of phenols is 1. The Balaban J connectivity index is 0.000000253. The molecule has 0 radical (unpaired) electrons. The van der Waals surface area contributed by atoms with Crippen molar-refractivity contribution < 1.29 is 19.8 Å². The van der Waals surface area contributed by atoms with Gasteiger partial charge in [0.15, 0.2) is 0 Å². The van der Waals surface area contributed by atoms with Crippen molar-refractivity contribution in [1.82, 2.24) is 0 Å². The second kappa shape index (κ2) is 8.73. The monoisotopic (exact) mass is 314 g/mol. The fraction of sp³-hybridized carbons (Fsp3) is 0.263. The molecule has 1 atom stereocenters. The van der Waals surface area contributed by atoms with Gasteiger partial charge in [0.05, 0.1) is 0 Å². The standard InChI is InChI=1S/C11H14O3.C8H8O/c1-3-7(2)8-4-5-10(12)9(6-8)11(13)14;1-7-4-2-3-5-8(7)6-9/h4-7,12H,3H2,1-2H3,(H,13,14);2-6H,1H3. The Morgan fingerprint density at radius 3 is 2.35 bits per heavy atom. The minimum atomic E-state index is -1.09. The van der Waals surface area contributed by atoms with Crippen LogP contribution in [-0.4, -0.2) is 22.5 Å². The molecular weight excluding hydrogens is 292 g/mol. The molecule has 4 nitrogen and oxygen atoms in total. The minimum absolute atomic E-state index is 0.0252. The molecule has 0 amide bonds. The van der Waals surface area contributed by atoms with Crippen LogP contribution in [0.3, 0.4) is 0 Å². The molecule has 4 heteroatoms. The molecule has 2 aromatic rings. The Labute approximate surface area is 136 Å². The van der Waals surface area contributed by atoms with Crippen molar-refractivity contribution in [2.75, 3.05) is 0 Å². The van der Waals surface area contributed by atoms with Crippen LogP contribution < -0.4 is 0 Å². The molecule has 2 N–H and O–H groups in total. The van der Waals surface area contributed by atoms with Crippen LogP contribution in [0.15, 0.2) is 42.5 Å². The molecule has 2 rings (SSSR count). The number of carboxylic acid groups (broad SMARTS) is 1. The lowest BCUT2D eigenvalue weighted by Crippen LogP contribution is -2.00. The number of carboxylic acids is 1. The fourth-order valence-electron chi connectivity index (χ4n) is 1.99. The zero-order valence-electron chi connectivity index (χ0n) is 13.6. The maximum atomic E-state index is 10.7. The van der Waals surface area contributed by atoms with E-state index in [9.17, 15) is 14.7 Å². The summed E-state index contributed by atoms with van der Waals surface area (Å²) in [6.45, 7) is 5.99. The van der Waals surface area contributed by atoms with Crippen LogP contribution in [0.2, 0.25) is 0 Å². The van der Waals surface area contributed by atoms with E-state index >= 15 is 0 Å². The highest BCUT2D eigenvalue weighted by atomic mass is 16.4. The summed E-state index contributed by atoms with van der Waals surface area (Å²) in [5, 5.41) is 18.1. The van der Waals surface area contributed by atoms with Crippen molar-refractivity contribution in [3.05, 3.63) is 64.7 Å². The highest BCUT2D eigenvalue weighted by molar-refractivity contribution is 5.90. The fourth-order valence-corrected chi connectivity index (χ4v) is 1.99. The number of carbonyl (C=O) groups is 2. The second-order valence-electron chi connectivity index (χ2n) is 5.37. The molecule has 23 heavy (non-hydrogen) atoms. The quantitative estimate of drug-likeness (QED) is 0.820. The Hall–Kier alpha value is -2.62. The second-order valence-corrected chi connectivity index (χ2v) is 5.37. The largest absolute Gasteiger partial charge is 0.507 e. The third kappa shape index (κ3) is 5.25. The van der Waals surface area contributed by atoms with Crippen LogP contribution in [0.25, 0.3) is 0 Å². The summed E-state index contributed by atoms with van der Waals surface area (Å²) < 4.78 is 0. The van der Waals surface area contributed by atoms with Gasteiger partial charge < -0.3 is 10.2 Å². The van der Waals surface area contributed by atoms with Crippen LogP contribution in [-0.2, 0) is 0 Å². The van der Waals surface area contributed by atoms with Gasteiger partial charge >= 0.3 is 5.97 Å². The number of hydrogen-bond acceptors (Lipinski definition) is 3. The summed E-state index contributed by atoms with van der Waals surface area (Å²) in [4.78, 5) is 21.0. The Kier molecular flexibility index (Phi) is 7.00. The lowest BCUT2D eigenvalue weighted by molar-refractivity contribution is 0.0693. The molecule has 0 aliphatic rings. The van der Waals surface area contributed by atoms with Crippen molar-refractivity contribution in [2.24, 2.45) is 0 Å². The van der Waals surface area contributed by atoms with Gasteiger partial charge in [-0.1, -0.05) is 44.2 Å². The van der Waals surface area contributed by atoms with Crippen molar-refractivity contribution in [2.45, 2.75) is 33.1 Å². The van der Waals surface area contributed by atoms with Crippen LogP contribution in [0, 0.1) is 6.92 Å². The highest BCUT2D eigenvalue weighted by Crippen LogP contribution is 2.24. The zero-order valence-corrected chi connectivity index (χ0v) is 13.6. The molecule has 0 heterocycles. The number of aryl methyl sites for hydroxylation is 1. The number of aldehydes is 1. The molecule has 122 valence electrons. The molecule has 2 aromatic carbocycles. The number of aromatic hydroxyl groups is 1. The summed E-state index contributed by atoms with van der Waals surface area (Å²) in [6.07, 6.45) is 1.82. The van der Waals surface area contributed by atoms with Crippen LogP contribution in [0.4, 0.5) is 0 Å². The number of aromatic carboxylic acids is 1. The van der Waals surface area contributed by atoms with Crippen molar-refractivity contribution in [1.29, 1.82) is 0 Å². The van der Waals surface area contributed by atoms with Crippen LogP contribution in [0.5, 0.6) is 5.75 Å². The van der Waals surface area contributed by atoms with E-state index < -0.39 is 5.97 Å². The molecule has 0 bridgehead atoms. The number of benzene rings is 2. The van der Waals surface area contributed by atoms with Gasteiger partial charge in [-0.15, -0.1) is 0 Å². The van der Waals surface area contributed by atoms with Crippen molar-refractivity contribution in [3.8, 4) is 5.75 Å². The Bertz CT molecular complexity index is 677. The predicted molar refractivity (Wildman–Crippen MR) is 90.3 cm³/mol. The molecule has 0 spiro atoms. The molecule has 0 aliphatic heterocycles. The zero-order chi connectivity index (χ0) is 17.4. The van der Waals surface area contributed by atoms with E-state index in [0.29, 0.717) is 5.92 Å². The smallest absolute Gasteiger partial charge is 0.339 e. The SMILES string of the molecule is CCC(C)c1ccc(O)c(C(=O)O)c1.Cc1ccccc1C=O. The number of hydrogen-bond donors (Lipinski definition) is 2. The first-order valence-corrected chi connectivity index (χ1v) is 7.47. The van der Waals surface area contributed by atoms with Crippen LogP contribution in [0.1, 0.15) is 58.0 Å². The summed E-state index contributed by atoms with van der Waals surface area (Å²) in [5.41, 5.74) is 2.73. The van der Waals surface area contributed by atoms with E-state index in [-0.39, 0.29) is 11.3 Å². The Morgan fingerprint density at radius 2 is 1.87 bits per heavy atom. The minimum Gasteiger partial charge on any atom is -0.507 e. The highest BCUT2D eigenvalue weighted by Gasteiger charge is 2.12. The Morgan fingerprint density at radius 1 is 1.22 bits per heavy atom. The van der Waals surface area contributed by atoms with Gasteiger partial charge in [0.25, 0.3) is 0 Å². The molecular formula is C19H22O4. The summed E-state index contributed by atoms with van der Waals surface area (Å²) >= 11 is 0. The molecule has 0 saturated heterocycles. The summed E-state index contributed by atoms with van der Waals surface area (Å²) in [5.74, 6) is -0.953. The van der Waals surface area contributed by atoms with Crippen molar-refractivity contribution in [3.63, 3.8) is 0 Å². The van der Waals surface area contributed by atoms with E-state index in [1.54, 1.807) is 6.07 Å². The molecule has 0 aliphatic carbocycles. The molecule has 0 aromatic heterocycles. The van der Waals surface area contributed by atoms with Gasteiger partial charge in [0.1, 0.15) is 17.6 Å². The number of carbonyl (C=O) groups excluding carboxylic acids is 1.